The Bertz CT molecular complexity index is 365. The van der Waals surface area contributed by atoms with Crippen molar-refractivity contribution in [2.75, 3.05) is 37.6 Å². The van der Waals surface area contributed by atoms with Gasteiger partial charge in [0.15, 0.2) is 0 Å². The van der Waals surface area contributed by atoms with Crippen LogP contribution in [0.4, 0.5) is 5.69 Å². The minimum atomic E-state index is 1.10. The van der Waals surface area contributed by atoms with Crippen LogP contribution >= 0.6 is 0 Å². The van der Waals surface area contributed by atoms with Crippen LogP contribution in [-0.4, -0.2) is 37.6 Å². The molecule has 2 nitrogen and oxygen atoms in total. The minimum absolute atomic E-state index is 1.10. The van der Waals surface area contributed by atoms with Gasteiger partial charge in [-0.3, -0.25) is 0 Å². The summed E-state index contributed by atoms with van der Waals surface area (Å²) in [5.41, 5.74) is 2.83. The fraction of sp³-hybridized carbons (Fsp3) is 0.562. The number of hydrogen-bond donors (Lipinski definition) is 0. The average Bonchev–Trinajstić information content (AvgIpc) is 2.38. The van der Waals surface area contributed by atoms with Crippen molar-refractivity contribution < 1.29 is 0 Å². The van der Waals surface area contributed by atoms with Crippen LogP contribution in [0, 0.1) is 5.92 Å². The first kappa shape index (κ1) is 13.4. The molecule has 0 N–H and O–H groups in total. The first-order chi connectivity index (χ1) is 8.69. The third-order valence-electron chi connectivity index (χ3n) is 3.65. The second kappa shape index (κ2) is 6.24. The molecule has 0 aromatic heterocycles. The van der Waals surface area contributed by atoms with Crippen molar-refractivity contribution in [1.82, 2.24) is 4.90 Å². The summed E-state index contributed by atoms with van der Waals surface area (Å²) < 4.78 is 0. The summed E-state index contributed by atoms with van der Waals surface area (Å²) in [5.74, 6) is 1.47. The summed E-state index contributed by atoms with van der Waals surface area (Å²) in [4.78, 5) is 5.03. The Morgan fingerprint density at radius 1 is 1.11 bits per heavy atom. The summed E-state index contributed by atoms with van der Waals surface area (Å²) in [5, 5.41) is 0. The van der Waals surface area contributed by atoms with Gasteiger partial charge >= 0.3 is 0 Å². The first-order valence-corrected chi connectivity index (χ1v) is 7.04. The zero-order valence-electron chi connectivity index (χ0n) is 11.9. The molecule has 1 saturated heterocycles. The smallest absolute Gasteiger partial charge is 0.0369 e. The van der Waals surface area contributed by atoms with Crippen molar-refractivity contribution in [1.29, 1.82) is 0 Å². The Morgan fingerprint density at radius 2 is 1.83 bits per heavy atom. The fourth-order valence-electron chi connectivity index (χ4n) is 2.59. The Kier molecular flexibility index (Phi) is 4.65. The predicted molar refractivity (Wildman–Crippen MR) is 79.1 cm³/mol. The van der Waals surface area contributed by atoms with Gasteiger partial charge in [0.05, 0.1) is 0 Å². The van der Waals surface area contributed by atoms with E-state index in [0.717, 1.165) is 19.5 Å². The highest BCUT2D eigenvalue weighted by atomic mass is 15.3. The van der Waals surface area contributed by atoms with E-state index in [9.17, 15) is 0 Å². The van der Waals surface area contributed by atoms with Crippen molar-refractivity contribution in [2.45, 2.75) is 27.2 Å². The summed E-state index contributed by atoms with van der Waals surface area (Å²) in [6.45, 7) is 12.5. The first-order valence-electron chi connectivity index (χ1n) is 7.04. The maximum absolute atomic E-state index is 2.52. The quantitative estimate of drug-likeness (QED) is 0.804. The van der Waals surface area contributed by atoms with Crippen molar-refractivity contribution in [3.63, 3.8) is 0 Å². The average molecular weight is 245 g/mol. The molecule has 1 aromatic carbocycles. The number of nitrogens with zero attached hydrogens (tertiary/aromatic N) is 2. The highest BCUT2D eigenvalue weighted by Gasteiger charge is 2.15. The molecule has 0 bridgehead atoms. The molecule has 0 amide bonds. The zero-order valence-corrected chi connectivity index (χ0v) is 11.9. The van der Waals surface area contributed by atoms with Crippen molar-refractivity contribution in [3.05, 3.63) is 35.7 Å². The molecule has 0 saturated carbocycles. The van der Waals surface area contributed by atoms with Crippen LogP contribution in [0.1, 0.15) is 26.3 Å². The van der Waals surface area contributed by atoms with Gasteiger partial charge in [-0.1, -0.05) is 32.9 Å². The van der Waals surface area contributed by atoms with Gasteiger partial charge in [-0.15, -0.1) is 0 Å². The van der Waals surface area contributed by atoms with E-state index in [0.29, 0.717) is 0 Å². The summed E-state index contributed by atoms with van der Waals surface area (Å²) in [7, 11) is 0. The summed E-state index contributed by atoms with van der Waals surface area (Å²) in [6, 6.07) is 9.03. The monoisotopic (exact) mass is 245 g/mol. The Balaban J connectivity index is 2.00. The Labute approximate surface area is 112 Å². The van der Waals surface area contributed by atoms with Gasteiger partial charge in [0.1, 0.15) is 0 Å². The second-order valence-corrected chi connectivity index (χ2v) is 5.48. The van der Waals surface area contributed by atoms with Gasteiger partial charge in [0, 0.05) is 31.9 Å². The van der Waals surface area contributed by atoms with E-state index in [2.05, 4.69) is 54.8 Å². The zero-order chi connectivity index (χ0) is 13.0. The summed E-state index contributed by atoms with van der Waals surface area (Å²) in [6.07, 6.45) is 1.10. The second-order valence-electron chi connectivity index (χ2n) is 5.48. The van der Waals surface area contributed by atoms with Crippen molar-refractivity contribution >= 4 is 5.69 Å². The fourth-order valence-corrected chi connectivity index (χ4v) is 2.59. The molecular weight excluding hydrogens is 220 g/mol. The molecule has 1 aliphatic heterocycles. The molecule has 18 heavy (non-hydrogen) atoms. The standard InChI is InChI=1S/C16H25N2/c1-4-17-8-10-18(11-9-17)16-7-5-6-15(13-16)12-14(2)3/h5-7,13H,4,8-12H2,1-3H3. The lowest BCUT2D eigenvalue weighted by molar-refractivity contribution is 0.271. The van der Waals surface area contributed by atoms with E-state index in [-0.39, 0.29) is 0 Å². The third-order valence-corrected chi connectivity index (χ3v) is 3.65. The van der Waals surface area contributed by atoms with Gasteiger partial charge in [0.25, 0.3) is 0 Å². The molecule has 1 aromatic rings. The molecule has 0 atom stereocenters. The molecule has 2 rings (SSSR count). The SMILES string of the molecule is CCN1CCN(c2cccc(C[C](C)C)c2)CC1. The maximum atomic E-state index is 2.52. The number of anilines is 1. The molecule has 0 aliphatic carbocycles. The largest absolute Gasteiger partial charge is 0.369 e. The van der Waals surface area contributed by atoms with E-state index >= 15 is 0 Å². The topological polar surface area (TPSA) is 6.48 Å². The molecule has 1 aliphatic rings. The van der Waals surface area contributed by atoms with Gasteiger partial charge in [-0.2, -0.15) is 0 Å². The highest BCUT2D eigenvalue weighted by molar-refractivity contribution is 5.49. The normalized spacial score (nSPS) is 17.4. The van der Waals surface area contributed by atoms with E-state index in [1.165, 1.54) is 36.8 Å². The molecule has 0 unspecified atom stereocenters. The lowest BCUT2D eigenvalue weighted by Crippen LogP contribution is -2.46. The van der Waals surface area contributed by atoms with E-state index in [4.69, 9.17) is 0 Å². The van der Waals surface area contributed by atoms with Gasteiger partial charge in [-0.25, -0.2) is 0 Å². The van der Waals surface area contributed by atoms with Crippen LogP contribution in [0.5, 0.6) is 0 Å². The van der Waals surface area contributed by atoms with Crippen LogP contribution in [0.15, 0.2) is 24.3 Å². The lowest BCUT2D eigenvalue weighted by Gasteiger charge is -2.35. The lowest BCUT2D eigenvalue weighted by atomic mass is 10.0. The van der Waals surface area contributed by atoms with Crippen LogP contribution in [0.2, 0.25) is 0 Å². The maximum Gasteiger partial charge on any atom is 0.0369 e. The van der Waals surface area contributed by atoms with Crippen LogP contribution < -0.4 is 4.90 Å². The van der Waals surface area contributed by atoms with E-state index in [1.54, 1.807) is 0 Å². The summed E-state index contributed by atoms with van der Waals surface area (Å²) >= 11 is 0. The molecular formula is C16H25N2. The van der Waals surface area contributed by atoms with Gasteiger partial charge in [-0.05, 0) is 36.6 Å². The number of hydrogen-bond acceptors (Lipinski definition) is 2. The number of likely N-dealkylation sites (N-methyl/N-ethyl adjacent to an activating group) is 1. The molecule has 99 valence electrons. The molecule has 2 heteroatoms. The van der Waals surface area contributed by atoms with Crippen LogP contribution in [0.3, 0.4) is 0 Å². The highest BCUT2D eigenvalue weighted by Crippen LogP contribution is 2.20. The molecule has 0 spiro atoms. The van der Waals surface area contributed by atoms with E-state index < -0.39 is 0 Å². The number of benzene rings is 1. The number of piperazine rings is 1. The Morgan fingerprint density at radius 3 is 2.44 bits per heavy atom. The third kappa shape index (κ3) is 3.49. The number of rotatable bonds is 4. The molecule has 1 heterocycles. The Hall–Kier alpha value is -1.02. The van der Waals surface area contributed by atoms with E-state index in [1.807, 2.05) is 0 Å². The minimum Gasteiger partial charge on any atom is -0.369 e. The van der Waals surface area contributed by atoms with Crippen molar-refractivity contribution in [2.24, 2.45) is 0 Å². The van der Waals surface area contributed by atoms with Gasteiger partial charge in [0.2, 0.25) is 0 Å². The van der Waals surface area contributed by atoms with Crippen LogP contribution in [-0.2, 0) is 6.42 Å². The van der Waals surface area contributed by atoms with Crippen LogP contribution in [0.25, 0.3) is 0 Å². The van der Waals surface area contributed by atoms with Gasteiger partial charge < -0.3 is 9.80 Å². The molecule has 1 fully saturated rings. The van der Waals surface area contributed by atoms with Crippen molar-refractivity contribution in [3.8, 4) is 0 Å². The predicted octanol–water partition coefficient (Wildman–Crippen LogP) is 2.99. The molecule has 1 radical (unpaired) electrons.